The van der Waals surface area contributed by atoms with Gasteiger partial charge in [-0.25, -0.2) is 0 Å². The van der Waals surface area contributed by atoms with E-state index >= 15 is 0 Å². The van der Waals surface area contributed by atoms with Crippen LogP contribution < -0.4 is 0 Å². The van der Waals surface area contributed by atoms with Gasteiger partial charge in [0.25, 0.3) is 11.8 Å². The fourth-order valence-electron chi connectivity index (χ4n) is 1.09. The summed E-state index contributed by atoms with van der Waals surface area (Å²) in [7, 11) is 0. The first-order valence-corrected chi connectivity index (χ1v) is 4.84. The normalized spacial score (nSPS) is 14.9. The van der Waals surface area contributed by atoms with Crippen LogP contribution in [0.25, 0.3) is 0 Å². The highest BCUT2D eigenvalue weighted by Crippen LogP contribution is 2.03. The molecule has 1 rings (SSSR count). The molecule has 0 aromatic rings. The Hall–Kier alpha value is -1.65. The van der Waals surface area contributed by atoms with E-state index < -0.39 is 17.8 Å². The number of esters is 1. The molecule has 0 bridgehead atoms. The number of carbonyl (C=O) groups is 3. The minimum Gasteiger partial charge on any atom is -0.464 e. The van der Waals surface area contributed by atoms with Gasteiger partial charge in [-0.15, -0.1) is 0 Å². The molecule has 0 unspecified atom stereocenters. The Balaban J connectivity index is 2.32. The van der Waals surface area contributed by atoms with Gasteiger partial charge in [0, 0.05) is 12.2 Å². The molecular formula is C10H13NO4. The van der Waals surface area contributed by atoms with Crippen molar-refractivity contribution in [1.82, 2.24) is 4.90 Å². The Morgan fingerprint density at radius 1 is 1.33 bits per heavy atom. The van der Waals surface area contributed by atoms with E-state index in [1.807, 2.05) is 6.92 Å². The van der Waals surface area contributed by atoms with Gasteiger partial charge in [-0.1, -0.05) is 13.3 Å². The third kappa shape index (κ3) is 3.19. The number of amides is 2. The zero-order chi connectivity index (χ0) is 11.3. The summed E-state index contributed by atoms with van der Waals surface area (Å²) in [6.07, 6.45) is 3.99. The number of imide groups is 1. The lowest BCUT2D eigenvalue weighted by Crippen LogP contribution is -2.35. The average Bonchev–Trinajstić information content (AvgIpc) is 2.50. The first-order valence-electron chi connectivity index (χ1n) is 4.84. The predicted molar refractivity (Wildman–Crippen MR) is 51.7 cm³/mol. The van der Waals surface area contributed by atoms with Crippen LogP contribution in [-0.2, 0) is 19.1 Å². The van der Waals surface area contributed by atoms with Crippen molar-refractivity contribution >= 4 is 17.8 Å². The van der Waals surface area contributed by atoms with Gasteiger partial charge in [0.1, 0.15) is 6.54 Å². The Bertz CT molecular complexity index is 291. The zero-order valence-electron chi connectivity index (χ0n) is 8.56. The van der Waals surface area contributed by atoms with E-state index in [-0.39, 0.29) is 6.54 Å². The van der Waals surface area contributed by atoms with E-state index in [2.05, 4.69) is 0 Å². The van der Waals surface area contributed by atoms with E-state index in [9.17, 15) is 14.4 Å². The lowest BCUT2D eigenvalue weighted by molar-refractivity contribution is -0.151. The number of rotatable bonds is 5. The third-order valence-corrected chi connectivity index (χ3v) is 1.95. The highest BCUT2D eigenvalue weighted by molar-refractivity contribution is 6.14. The highest BCUT2D eigenvalue weighted by Gasteiger charge is 2.25. The van der Waals surface area contributed by atoms with Crippen molar-refractivity contribution in [2.75, 3.05) is 13.2 Å². The highest BCUT2D eigenvalue weighted by atomic mass is 16.5. The molecule has 15 heavy (non-hydrogen) atoms. The van der Waals surface area contributed by atoms with Crippen LogP contribution in [0.15, 0.2) is 12.2 Å². The van der Waals surface area contributed by atoms with Gasteiger partial charge in [-0.3, -0.25) is 19.3 Å². The standard InChI is InChI=1S/C10H13NO4/c1-2-3-6-15-10(14)7-11-8(12)4-5-9(11)13/h4-5H,2-3,6-7H2,1H3. The molecule has 0 aromatic carbocycles. The first kappa shape index (κ1) is 11.4. The van der Waals surface area contributed by atoms with Gasteiger partial charge < -0.3 is 4.74 Å². The summed E-state index contributed by atoms with van der Waals surface area (Å²) in [6.45, 7) is 2.01. The van der Waals surface area contributed by atoms with Crippen LogP contribution in [0.5, 0.6) is 0 Å². The van der Waals surface area contributed by atoms with Gasteiger partial charge in [-0.05, 0) is 6.42 Å². The predicted octanol–water partition coefficient (Wildman–Crippen LogP) is 0.255. The fourth-order valence-corrected chi connectivity index (χ4v) is 1.09. The fraction of sp³-hybridized carbons (Fsp3) is 0.500. The van der Waals surface area contributed by atoms with Gasteiger partial charge in [0.15, 0.2) is 0 Å². The van der Waals surface area contributed by atoms with Crippen LogP contribution in [0.1, 0.15) is 19.8 Å². The smallest absolute Gasteiger partial charge is 0.326 e. The Morgan fingerprint density at radius 2 is 1.93 bits per heavy atom. The van der Waals surface area contributed by atoms with Crippen molar-refractivity contribution in [3.05, 3.63) is 12.2 Å². The molecule has 5 heteroatoms. The maximum Gasteiger partial charge on any atom is 0.326 e. The van der Waals surface area contributed by atoms with Crippen molar-refractivity contribution < 1.29 is 19.1 Å². The van der Waals surface area contributed by atoms with Crippen LogP contribution >= 0.6 is 0 Å². The number of carbonyl (C=O) groups excluding carboxylic acids is 3. The Kier molecular flexibility index (Phi) is 4.03. The molecule has 0 radical (unpaired) electrons. The topological polar surface area (TPSA) is 63.7 Å². The van der Waals surface area contributed by atoms with Crippen LogP contribution in [0.2, 0.25) is 0 Å². The maximum absolute atomic E-state index is 11.2. The van der Waals surface area contributed by atoms with Crippen molar-refractivity contribution in [2.45, 2.75) is 19.8 Å². The van der Waals surface area contributed by atoms with Gasteiger partial charge in [0.05, 0.1) is 6.61 Å². The number of hydrogen-bond acceptors (Lipinski definition) is 4. The number of ether oxygens (including phenoxy) is 1. The van der Waals surface area contributed by atoms with E-state index in [1.54, 1.807) is 0 Å². The van der Waals surface area contributed by atoms with Crippen molar-refractivity contribution in [3.8, 4) is 0 Å². The van der Waals surface area contributed by atoms with E-state index in [1.165, 1.54) is 0 Å². The van der Waals surface area contributed by atoms with Crippen molar-refractivity contribution in [1.29, 1.82) is 0 Å². The lowest BCUT2D eigenvalue weighted by atomic mass is 10.4. The summed E-state index contributed by atoms with van der Waals surface area (Å²) >= 11 is 0. The number of hydrogen-bond donors (Lipinski definition) is 0. The number of unbranched alkanes of at least 4 members (excludes halogenated alkanes) is 1. The quantitative estimate of drug-likeness (QED) is 0.371. The van der Waals surface area contributed by atoms with Crippen LogP contribution in [0, 0.1) is 0 Å². The van der Waals surface area contributed by atoms with Gasteiger partial charge >= 0.3 is 5.97 Å². The molecule has 5 nitrogen and oxygen atoms in total. The van der Waals surface area contributed by atoms with Crippen molar-refractivity contribution in [2.24, 2.45) is 0 Å². The van der Waals surface area contributed by atoms with Crippen LogP contribution in [0.3, 0.4) is 0 Å². The second kappa shape index (κ2) is 5.29. The van der Waals surface area contributed by atoms with Crippen molar-refractivity contribution in [3.63, 3.8) is 0 Å². The van der Waals surface area contributed by atoms with E-state index in [0.717, 1.165) is 29.9 Å². The molecule has 0 fully saturated rings. The van der Waals surface area contributed by atoms with Gasteiger partial charge in [-0.2, -0.15) is 0 Å². The molecule has 0 spiro atoms. The van der Waals surface area contributed by atoms with Crippen LogP contribution in [-0.4, -0.2) is 35.8 Å². The molecule has 2 amide bonds. The minimum absolute atomic E-state index is 0.297. The SMILES string of the molecule is CCCCOC(=O)CN1C(=O)C=CC1=O. The van der Waals surface area contributed by atoms with E-state index in [4.69, 9.17) is 4.74 Å². The molecule has 0 saturated heterocycles. The Labute approximate surface area is 87.7 Å². The molecule has 82 valence electrons. The molecule has 0 aliphatic carbocycles. The zero-order valence-corrected chi connectivity index (χ0v) is 8.56. The summed E-state index contributed by atoms with van der Waals surface area (Å²) in [4.78, 5) is 34.1. The molecule has 0 saturated carbocycles. The summed E-state index contributed by atoms with van der Waals surface area (Å²) in [5.74, 6) is -1.48. The molecule has 0 atom stereocenters. The second-order valence-electron chi connectivity index (χ2n) is 3.17. The summed E-state index contributed by atoms with van der Waals surface area (Å²) in [6, 6.07) is 0. The molecule has 0 N–H and O–H groups in total. The summed E-state index contributed by atoms with van der Waals surface area (Å²) < 4.78 is 4.83. The lowest BCUT2D eigenvalue weighted by Gasteiger charge is -2.12. The first-order chi connectivity index (χ1) is 7.15. The molecule has 1 aliphatic rings. The Morgan fingerprint density at radius 3 is 2.47 bits per heavy atom. The number of nitrogens with zero attached hydrogens (tertiary/aromatic N) is 1. The minimum atomic E-state index is -0.547. The molecule has 1 aliphatic heterocycles. The monoisotopic (exact) mass is 211 g/mol. The largest absolute Gasteiger partial charge is 0.464 e. The molecule has 0 aromatic heterocycles. The molecule has 1 heterocycles. The van der Waals surface area contributed by atoms with Crippen LogP contribution in [0.4, 0.5) is 0 Å². The third-order valence-electron chi connectivity index (χ3n) is 1.95. The summed E-state index contributed by atoms with van der Waals surface area (Å²) in [5, 5.41) is 0. The second-order valence-corrected chi connectivity index (χ2v) is 3.17. The molecular weight excluding hydrogens is 198 g/mol. The summed E-state index contributed by atoms with van der Waals surface area (Å²) in [5.41, 5.74) is 0. The van der Waals surface area contributed by atoms with Gasteiger partial charge in [0.2, 0.25) is 0 Å². The maximum atomic E-state index is 11.2. The average molecular weight is 211 g/mol. The van der Waals surface area contributed by atoms with E-state index in [0.29, 0.717) is 6.61 Å².